The molecule has 1 N–H and O–H groups in total. The van der Waals surface area contributed by atoms with E-state index >= 15 is 0 Å². The van der Waals surface area contributed by atoms with Crippen LogP contribution in [0.3, 0.4) is 0 Å². The monoisotopic (exact) mass is 820 g/mol. The summed E-state index contributed by atoms with van der Waals surface area (Å²) in [5.74, 6) is -2.76. The lowest BCUT2D eigenvalue weighted by atomic mass is 9.95. The normalized spacial score (nSPS) is 18.0. The zero-order valence-corrected chi connectivity index (χ0v) is 33.8. The van der Waals surface area contributed by atoms with E-state index in [1.54, 1.807) is 6.07 Å². The zero-order valence-electron chi connectivity index (χ0n) is 30.6. The highest BCUT2D eigenvalue weighted by molar-refractivity contribution is 7.99. The van der Waals surface area contributed by atoms with E-state index in [1.165, 1.54) is 42.4 Å². The Morgan fingerprint density at radius 3 is 1.85 bits per heavy atom. The average Bonchev–Trinajstić information content (AvgIpc) is 3.62. The smallest absolute Gasteiger partial charge is 0.163 e. The van der Waals surface area contributed by atoms with Gasteiger partial charge in [-0.15, -0.1) is 23.5 Å². The Morgan fingerprint density at radius 1 is 0.685 bits per heavy atom. The molecule has 7 rings (SSSR count). The van der Waals surface area contributed by atoms with E-state index in [2.05, 4.69) is 9.12 Å². The molecule has 292 valence electrons. The highest BCUT2D eigenvalue weighted by Gasteiger charge is 2.31. The molecule has 0 unspecified atom stereocenters. The van der Waals surface area contributed by atoms with E-state index in [0.717, 1.165) is 46.3 Å². The van der Waals surface area contributed by atoms with Crippen molar-refractivity contribution in [3.63, 3.8) is 0 Å². The highest BCUT2D eigenvalue weighted by atomic mass is 32.2. The van der Waals surface area contributed by atoms with Gasteiger partial charge in [0.15, 0.2) is 23.3 Å². The lowest BCUT2D eigenvalue weighted by Crippen LogP contribution is -2.36. The number of halogens is 4. The first kappa shape index (κ1) is 43.9. The van der Waals surface area contributed by atoms with Crippen molar-refractivity contribution in [2.75, 3.05) is 13.2 Å². The summed E-state index contributed by atoms with van der Waals surface area (Å²) >= 11 is 2.89. The second-order valence-electron chi connectivity index (χ2n) is 14.5. The van der Waals surface area contributed by atoms with Crippen LogP contribution in [0.25, 0.3) is 0 Å². The number of fused-ring (bicyclic) bond motifs is 4. The van der Waals surface area contributed by atoms with Crippen LogP contribution in [0.2, 0.25) is 0 Å². The van der Waals surface area contributed by atoms with Gasteiger partial charge in [0.2, 0.25) is 0 Å². The fourth-order valence-corrected chi connectivity index (χ4v) is 9.13. The van der Waals surface area contributed by atoms with Crippen LogP contribution in [0, 0.1) is 23.3 Å². The summed E-state index contributed by atoms with van der Waals surface area (Å²) in [4.78, 5) is 1.90. The minimum absolute atomic E-state index is 0. The predicted octanol–water partition coefficient (Wildman–Crippen LogP) is 11.0. The second kappa shape index (κ2) is 18.9. The largest absolute Gasteiger partial charge is 0.381 e. The summed E-state index contributed by atoms with van der Waals surface area (Å²) in [6.45, 7) is 13.1. The van der Waals surface area contributed by atoms with Crippen LogP contribution >= 0.6 is 23.5 Å². The molecular formula is C41H48F4N2O3S4. The maximum atomic E-state index is 14.3. The van der Waals surface area contributed by atoms with Crippen LogP contribution < -0.4 is 4.72 Å². The molecule has 0 aliphatic carbocycles. The Morgan fingerprint density at radius 2 is 1.24 bits per heavy atom. The Balaban J connectivity index is 0.000000209. The van der Waals surface area contributed by atoms with Gasteiger partial charge >= 0.3 is 0 Å². The molecule has 5 nitrogen and oxygen atoms in total. The SMILES string of the molecule is C.C1CCOC1.CC(C)(C)[S@](=O)N=C1c2ccccc2SCc2c1ccc(F)c2F.CC(C)(C)[S@](=O)N[C@@H]1c2ccccc2SCc2c1ccc(F)c2F. The van der Waals surface area contributed by atoms with Gasteiger partial charge in [-0.3, -0.25) is 0 Å². The number of benzene rings is 4. The predicted molar refractivity (Wildman–Crippen MR) is 218 cm³/mol. The third-order valence-corrected chi connectivity index (χ3v) is 13.6. The van der Waals surface area contributed by atoms with Gasteiger partial charge in [-0.1, -0.05) is 49.9 Å². The van der Waals surface area contributed by atoms with Crippen LogP contribution in [0.15, 0.2) is 87.0 Å². The summed E-state index contributed by atoms with van der Waals surface area (Å²) in [5, 5.41) is 0. The molecule has 3 heterocycles. The number of nitrogens with zero attached hydrogens (tertiary/aromatic N) is 1. The van der Waals surface area contributed by atoms with Crippen LogP contribution in [-0.2, 0) is 38.2 Å². The molecule has 4 aromatic rings. The van der Waals surface area contributed by atoms with Gasteiger partial charge in [0.05, 0.1) is 32.2 Å². The molecule has 0 bridgehead atoms. The molecule has 54 heavy (non-hydrogen) atoms. The number of rotatable bonds is 3. The summed E-state index contributed by atoms with van der Waals surface area (Å²) < 4.78 is 92.7. The Hall–Kier alpha value is -2.81. The summed E-state index contributed by atoms with van der Waals surface area (Å²) in [6, 6.07) is 20.2. The van der Waals surface area contributed by atoms with E-state index in [-0.39, 0.29) is 13.0 Å². The minimum Gasteiger partial charge on any atom is -0.381 e. The van der Waals surface area contributed by atoms with Crippen molar-refractivity contribution >= 4 is 51.2 Å². The van der Waals surface area contributed by atoms with Gasteiger partial charge in [-0.2, -0.15) is 4.40 Å². The Kier molecular flexibility index (Phi) is 15.4. The molecule has 3 atom stereocenters. The molecule has 1 saturated heterocycles. The molecular weight excluding hydrogens is 773 g/mol. The molecule has 0 aromatic heterocycles. The lowest BCUT2D eigenvalue weighted by Gasteiger charge is -2.26. The van der Waals surface area contributed by atoms with Crippen molar-refractivity contribution in [3.8, 4) is 0 Å². The lowest BCUT2D eigenvalue weighted by molar-refractivity contribution is 0.198. The van der Waals surface area contributed by atoms with Gasteiger partial charge in [0.1, 0.15) is 11.0 Å². The first-order chi connectivity index (χ1) is 25.1. The van der Waals surface area contributed by atoms with Gasteiger partial charge in [-0.25, -0.2) is 30.7 Å². The Bertz CT molecular complexity index is 2020. The van der Waals surface area contributed by atoms with Gasteiger partial charge in [0, 0.05) is 56.8 Å². The van der Waals surface area contributed by atoms with Crippen molar-refractivity contribution < 1.29 is 30.7 Å². The average molecular weight is 821 g/mol. The maximum Gasteiger partial charge on any atom is 0.163 e. The molecule has 1 fully saturated rings. The molecule has 13 heteroatoms. The van der Waals surface area contributed by atoms with E-state index in [4.69, 9.17) is 4.74 Å². The quantitative estimate of drug-likeness (QED) is 0.209. The zero-order chi connectivity index (χ0) is 38.5. The molecule has 0 spiro atoms. The molecule has 3 aliphatic rings. The number of hydrogen-bond acceptors (Lipinski definition) is 5. The van der Waals surface area contributed by atoms with Crippen molar-refractivity contribution in [2.45, 2.75) is 98.6 Å². The fraction of sp³-hybridized carbons (Fsp3) is 0.390. The van der Waals surface area contributed by atoms with Crippen LogP contribution in [0.1, 0.15) is 101 Å². The standard InChI is InChI=1S/C18H19F2NOS2.C18H17F2NOS2.C4H8O.CH4/c2*1-18(2,3)24(22)21-17-11-8-9-14(19)16(20)13(11)10-23-15-7-5-4-6-12(15)17;1-2-4-5-3-1;/h4-9,17,21H,10H2,1-3H3;4-9H,10H2,1-3H3;1-4H2;1H4/t17-,24-;24-;;/m00../s1. The molecule has 0 radical (unpaired) electrons. The van der Waals surface area contributed by atoms with Crippen LogP contribution in [-0.4, -0.2) is 36.8 Å². The second-order valence-corrected chi connectivity index (χ2v) is 20.4. The maximum absolute atomic E-state index is 14.3. The van der Waals surface area contributed by atoms with Gasteiger partial charge < -0.3 is 4.74 Å². The molecule has 0 saturated carbocycles. The van der Waals surface area contributed by atoms with E-state index in [0.29, 0.717) is 33.9 Å². The summed E-state index contributed by atoms with van der Waals surface area (Å²) in [5.41, 5.74) is 3.93. The van der Waals surface area contributed by atoms with E-state index in [9.17, 15) is 26.0 Å². The number of hydrogen-bond donors (Lipinski definition) is 1. The van der Waals surface area contributed by atoms with Crippen LogP contribution in [0.5, 0.6) is 0 Å². The molecule has 3 aliphatic heterocycles. The fourth-order valence-electron chi connectivity index (χ4n) is 5.47. The van der Waals surface area contributed by atoms with Crippen molar-refractivity contribution in [3.05, 3.63) is 129 Å². The number of ether oxygens (including phenoxy) is 1. The first-order valence-corrected chi connectivity index (χ1v) is 21.4. The first-order valence-electron chi connectivity index (χ1n) is 17.2. The highest BCUT2D eigenvalue weighted by Crippen LogP contribution is 2.41. The van der Waals surface area contributed by atoms with Crippen molar-refractivity contribution in [1.82, 2.24) is 4.72 Å². The van der Waals surface area contributed by atoms with Crippen LogP contribution in [0.4, 0.5) is 17.6 Å². The number of thioether (sulfide) groups is 2. The van der Waals surface area contributed by atoms with Crippen molar-refractivity contribution in [1.29, 1.82) is 0 Å². The summed E-state index contributed by atoms with van der Waals surface area (Å²) in [7, 11) is -2.85. The van der Waals surface area contributed by atoms with Gasteiger partial charge in [0.25, 0.3) is 0 Å². The third kappa shape index (κ3) is 10.5. The molecule has 4 aromatic carbocycles. The third-order valence-electron chi connectivity index (χ3n) is 8.42. The summed E-state index contributed by atoms with van der Waals surface area (Å²) in [6.07, 6.45) is 2.56. The topological polar surface area (TPSA) is 67.8 Å². The Labute approximate surface area is 330 Å². The van der Waals surface area contributed by atoms with Crippen molar-refractivity contribution in [2.24, 2.45) is 4.40 Å². The van der Waals surface area contributed by atoms with Gasteiger partial charge in [-0.05, 0) is 95.8 Å². The minimum atomic E-state index is -1.51. The number of nitrogens with one attached hydrogen (secondary N) is 1. The van der Waals surface area contributed by atoms with E-state index in [1.807, 2.05) is 90.1 Å². The molecule has 0 amide bonds. The van der Waals surface area contributed by atoms with E-state index < -0.39 is 60.8 Å².